The third-order valence-corrected chi connectivity index (χ3v) is 4.36. The number of anilines is 1. The van der Waals surface area contributed by atoms with Crippen LogP contribution in [0.25, 0.3) is 0 Å². The minimum Gasteiger partial charge on any atom is -0.497 e. The first kappa shape index (κ1) is 17.5. The lowest BCUT2D eigenvalue weighted by Gasteiger charge is -2.11. The molecule has 122 valence electrons. The average Bonchev–Trinajstić information content (AvgIpc) is 2.56. The van der Waals surface area contributed by atoms with Crippen LogP contribution >= 0.6 is 23.4 Å². The number of rotatable bonds is 7. The predicted molar refractivity (Wildman–Crippen MR) is 95.0 cm³/mol. The second kappa shape index (κ2) is 8.70. The Kier molecular flexibility index (Phi) is 6.62. The van der Waals surface area contributed by atoms with Gasteiger partial charge in [-0.15, -0.1) is 11.8 Å². The number of amides is 1. The number of thioether (sulfide) groups is 1. The molecule has 23 heavy (non-hydrogen) atoms. The molecule has 0 aliphatic heterocycles. The highest BCUT2D eigenvalue weighted by Crippen LogP contribution is 2.29. The van der Waals surface area contributed by atoms with Crippen molar-refractivity contribution in [3.05, 3.63) is 47.5 Å². The zero-order chi connectivity index (χ0) is 16.7. The van der Waals surface area contributed by atoms with E-state index in [0.717, 1.165) is 4.90 Å². The standard InChI is InChI=1S/C17H18ClNO3S/c1-21-13-5-8-16(22-2)15(11-13)19-17(20)9-10-23-14-6-3-12(18)4-7-14/h3-8,11H,9-10H2,1-2H3,(H,19,20). The first-order valence-corrected chi connectivity index (χ1v) is 8.39. The van der Waals surface area contributed by atoms with Crippen LogP contribution in [0.5, 0.6) is 11.5 Å². The lowest BCUT2D eigenvalue weighted by molar-refractivity contribution is -0.115. The number of ether oxygens (including phenoxy) is 2. The third kappa shape index (κ3) is 5.37. The van der Waals surface area contributed by atoms with Gasteiger partial charge in [-0.2, -0.15) is 0 Å². The Labute approximate surface area is 145 Å². The number of hydrogen-bond donors (Lipinski definition) is 1. The van der Waals surface area contributed by atoms with Gasteiger partial charge in [0, 0.05) is 28.2 Å². The van der Waals surface area contributed by atoms with Crippen molar-refractivity contribution < 1.29 is 14.3 Å². The third-order valence-electron chi connectivity index (χ3n) is 3.09. The molecule has 4 nitrogen and oxygen atoms in total. The number of benzene rings is 2. The minimum absolute atomic E-state index is 0.0713. The monoisotopic (exact) mass is 351 g/mol. The number of hydrogen-bond acceptors (Lipinski definition) is 4. The highest BCUT2D eigenvalue weighted by Gasteiger charge is 2.09. The molecule has 0 aliphatic carbocycles. The van der Waals surface area contributed by atoms with E-state index in [9.17, 15) is 4.79 Å². The summed E-state index contributed by atoms with van der Waals surface area (Å²) in [5.41, 5.74) is 0.605. The lowest BCUT2D eigenvalue weighted by Crippen LogP contribution is -2.13. The van der Waals surface area contributed by atoms with E-state index in [-0.39, 0.29) is 5.91 Å². The summed E-state index contributed by atoms with van der Waals surface area (Å²) in [6, 6.07) is 12.8. The Balaban J connectivity index is 1.88. The first-order chi connectivity index (χ1) is 11.1. The van der Waals surface area contributed by atoms with Crippen LogP contribution in [0.2, 0.25) is 5.02 Å². The van der Waals surface area contributed by atoms with Crippen LogP contribution in [0, 0.1) is 0 Å². The highest BCUT2D eigenvalue weighted by atomic mass is 35.5. The van der Waals surface area contributed by atoms with Gasteiger partial charge < -0.3 is 14.8 Å². The quantitative estimate of drug-likeness (QED) is 0.747. The Morgan fingerprint density at radius 2 is 1.87 bits per heavy atom. The molecule has 0 aliphatic rings. The molecular formula is C17H18ClNO3S. The van der Waals surface area contributed by atoms with Gasteiger partial charge in [0.25, 0.3) is 0 Å². The maximum atomic E-state index is 12.1. The van der Waals surface area contributed by atoms with Crippen LogP contribution in [0.4, 0.5) is 5.69 Å². The van der Waals surface area contributed by atoms with Crippen molar-refractivity contribution in [2.24, 2.45) is 0 Å². The van der Waals surface area contributed by atoms with Crippen LogP contribution in [0.3, 0.4) is 0 Å². The molecule has 0 heterocycles. The smallest absolute Gasteiger partial charge is 0.225 e. The Morgan fingerprint density at radius 1 is 1.13 bits per heavy atom. The molecule has 0 radical (unpaired) electrons. The highest BCUT2D eigenvalue weighted by molar-refractivity contribution is 7.99. The van der Waals surface area contributed by atoms with Crippen LogP contribution < -0.4 is 14.8 Å². The molecular weight excluding hydrogens is 334 g/mol. The summed E-state index contributed by atoms with van der Waals surface area (Å²) in [6.07, 6.45) is 0.396. The lowest BCUT2D eigenvalue weighted by atomic mass is 10.2. The van der Waals surface area contributed by atoms with Crippen molar-refractivity contribution in [3.63, 3.8) is 0 Å². The molecule has 0 bridgehead atoms. The van der Waals surface area contributed by atoms with E-state index in [0.29, 0.717) is 34.4 Å². The summed E-state index contributed by atoms with van der Waals surface area (Å²) < 4.78 is 10.4. The van der Waals surface area contributed by atoms with Gasteiger partial charge in [0.05, 0.1) is 19.9 Å². The predicted octanol–water partition coefficient (Wildman–Crippen LogP) is 4.48. The molecule has 6 heteroatoms. The second-order valence-corrected chi connectivity index (χ2v) is 6.27. The molecule has 0 aromatic heterocycles. The average molecular weight is 352 g/mol. The molecule has 0 saturated heterocycles. The normalized spacial score (nSPS) is 10.2. The second-order valence-electron chi connectivity index (χ2n) is 4.67. The van der Waals surface area contributed by atoms with Gasteiger partial charge in [0.2, 0.25) is 5.91 Å². The molecule has 2 rings (SSSR count). The van der Waals surface area contributed by atoms with E-state index in [1.807, 2.05) is 24.3 Å². The minimum atomic E-state index is -0.0713. The number of halogens is 1. The molecule has 0 fully saturated rings. The van der Waals surface area contributed by atoms with Crippen LogP contribution in [0.1, 0.15) is 6.42 Å². The summed E-state index contributed by atoms with van der Waals surface area (Å²) in [4.78, 5) is 13.2. The van der Waals surface area contributed by atoms with Gasteiger partial charge in [0.1, 0.15) is 11.5 Å². The summed E-state index contributed by atoms with van der Waals surface area (Å²) in [7, 11) is 3.14. The Hall–Kier alpha value is -1.85. The summed E-state index contributed by atoms with van der Waals surface area (Å²) in [5.74, 6) is 1.87. The first-order valence-electron chi connectivity index (χ1n) is 7.02. The van der Waals surface area contributed by atoms with E-state index in [1.54, 1.807) is 44.2 Å². The fourth-order valence-electron chi connectivity index (χ4n) is 1.92. The molecule has 0 saturated carbocycles. The van der Waals surface area contributed by atoms with Crippen molar-refractivity contribution in [2.75, 3.05) is 25.3 Å². The van der Waals surface area contributed by atoms with E-state index in [1.165, 1.54) is 0 Å². The fourth-order valence-corrected chi connectivity index (χ4v) is 2.89. The number of carbonyl (C=O) groups is 1. The molecule has 0 spiro atoms. The van der Waals surface area contributed by atoms with Crippen molar-refractivity contribution in [1.82, 2.24) is 0 Å². The van der Waals surface area contributed by atoms with Gasteiger partial charge in [-0.05, 0) is 36.4 Å². The fraction of sp³-hybridized carbons (Fsp3) is 0.235. The Bertz CT molecular complexity index is 661. The summed E-state index contributed by atoms with van der Waals surface area (Å²) >= 11 is 7.45. The number of carbonyl (C=O) groups excluding carboxylic acids is 1. The number of nitrogens with one attached hydrogen (secondary N) is 1. The summed E-state index contributed by atoms with van der Waals surface area (Å²) in [5, 5.41) is 3.56. The molecule has 0 atom stereocenters. The van der Waals surface area contributed by atoms with Gasteiger partial charge in [0.15, 0.2) is 0 Å². The maximum absolute atomic E-state index is 12.1. The van der Waals surface area contributed by atoms with Crippen LogP contribution in [-0.2, 0) is 4.79 Å². The zero-order valence-corrected chi connectivity index (χ0v) is 14.5. The number of methoxy groups -OCH3 is 2. The van der Waals surface area contributed by atoms with Crippen LogP contribution in [0.15, 0.2) is 47.4 Å². The SMILES string of the molecule is COc1ccc(OC)c(NC(=O)CCSc2ccc(Cl)cc2)c1. The maximum Gasteiger partial charge on any atom is 0.225 e. The van der Waals surface area contributed by atoms with E-state index in [4.69, 9.17) is 21.1 Å². The van der Waals surface area contributed by atoms with Crippen molar-refractivity contribution in [3.8, 4) is 11.5 Å². The summed E-state index contributed by atoms with van der Waals surface area (Å²) in [6.45, 7) is 0. The van der Waals surface area contributed by atoms with Gasteiger partial charge in [-0.3, -0.25) is 4.79 Å². The molecule has 1 N–H and O–H groups in total. The molecule has 2 aromatic rings. The van der Waals surface area contributed by atoms with E-state index in [2.05, 4.69) is 5.32 Å². The van der Waals surface area contributed by atoms with Gasteiger partial charge in [-0.1, -0.05) is 11.6 Å². The van der Waals surface area contributed by atoms with E-state index >= 15 is 0 Å². The molecule has 2 aromatic carbocycles. The van der Waals surface area contributed by atoms with E-state index < -0.39 is 0 Å². The van der Waals surface area contributed by atoms with Crippen LogP contribution in [-0.4, -0.2) is 25.9 Å². The van der Waals surface area contributed by atoms with Crippen molar-refractivity contribution in [1.29, 1.82) is 0 Å². The largest absolute Gasteiger partial charge is 0.497 e. The topological polar surface area (TPSA) is 47.6 Å². The van der Waals surface area contributed by atoms with Gasteiger partial charge >= 0.3 is 0 Å². The Morgan fingerprint density at radius 3 is 2.52 bits per heavy atom. The zero-order valence-electron chi connectivity index (χ0n) is 13.0. The molecule has 1 amide bonds. The van der Waals surface area contributed by atoms with Gasteiger partial charge in [-0.25, -0.2) is 0 Å². The van der Waals surface area contributed by atoms with Crippen molar-refractivity contribution in [2.45, 2.75) is 11.3 Å². The molecule has 0 unspecified atom stereocenters. The van der Waals surface area contributed by atoms with Crippen molar-refractivity contribution >= 4 is 35.0 Å².